The first-order valence-corrected chi connectivity index (χ1v) is 10.6. The van der Waals surface area contributed by atoms with Crippen LogP contribution in [0.2, 0.25) is 0 Å². The van der Waals surface area contributed by atoms with E-state index in [1.165, 1.54) is 6.07 Å². The number of benzene rings is 3. The lowest BCUT2D eigenvalue weighted by Crippen LogP contribution is -2.21. The third-order valence-electron chi connectivity index (χ3n) is 5.22. The second-order valence-corrected chi connectivity index (χ2v) is 7.78. The molecule has 0 bridgehead atoms. The number of fused-ring (bicyclic) bond motifs is 1. The molecule has 4 aromatic rings. The van der Waals surface area contributed by atoms with Crippen LogP contribution < -0.4 is 10.1 Å². The van der Waals surface area contributed by atoms with Gasteiger partial charge in [-0.05, 0) is 48.0 Å². The van der Waals surface area contributed by atoms with Gasteiger partial charge in [0.1, 0.15) is 24.2 Å². The number of rotatable bonds is 7. The molecule has 9 heteroatoms. The van der Waals surface area contributed by atoms with E-state index in [1.807, 2.05) is 0 Å². The molecule has 180 valence electrons. The van der Waals surface area contributed by atoms with E-state index in [1.54, 1.807) is 60.7 Å². The van der Waals surface area contributed by atoms with Gasteiger partial charge in [0.05, 0.1) is 17.7 Å². The zero-order chi connectivity index (χ0) is 25.0. The zero-order valence-corrected chi connectivity index (χ0v) is 18.3. The molecule has 0 saturated carbocycles. The number of aromatic nitrogens is 1. The fourth-order valence-corrected chi connectivity index (χ4v) is 3.44. The maximum absolute atomic E-state index is 13.2. The largest absolute Gasteiger partial charge is 0.491 e. The van der Waals surface area contributed by atoms with Crippen molar-refractivity contribution in [2.24, 2.45) is 0 Å². The molecule has 0 saturated heterocycles. The molecule has 3 aromatic carbocycles. The van der Waals surface area contributed by atoms with E-state index in [2.05, 4.69) is 10.3 Å². The average molecular weight is 482 g/mol. The van der Waals surface area contributed by atoms with E-state index in [0.29, 0.717) is 33.5 Å². The number of anilines is 1. The van der Waals surface area contributed by atoms with Gasteiger partial charge in [-0.25, -0.2) is 4.98 Å². The van der Waals surface area contributed by atoms with Crippen LogP contribution in [0.5, 0.6) is 5.75 Å². The minimum Gasteiger partial charge on any atom is -0.491 e. The van der Waals surface area contributed by atoms with E-state index in [4.69, 9.17) is 9.84 Å². The van der Waals surface area contributed by atoms with Crippen molar-refractivity contribution in [3.8, 4) is 16.9 Å². The quantitative estimate of drug-likeness (QED) is 0.348. The Bertz CT molecular complexity index is 1340. The van der Waals surface area contributed by atoms with Gasteiger partial charge in [-0.2, -0.15) is 13.2 Å². The van der Waals surface area contributed by atoms with Crippen LogP contribution in [-0.2, 0) is 6.18 Å². The summed E-state index contributed by atoms with van der Waals surface area (Å²) in [6.45, 7) is -0.486. The van der Waals surface area contributed by atoms with Gasteiger partial charge < -0.3 is 20.3 Å². The number of aliphatic hydroxyl groups excluding tert-OH is 2. The Morgan fingerprint density at radius 1 is 1.00 bits per heavy atom. The summed E-state index contributed by atoms with van der Waals surface area (Å²) in [4.78, 5) is 17.3. The molecule has 1 heterocycles. The van der Waals surface area contributed by atoms with Crippen molar-refractivity contribution in [1.29, 1.82) is 0 Å². The monoisotopic (exact) mass is 482 g/mol. The maximum atomic E-state index is 13.2. The first kappa shape index (κ1) is 24.2. The molecular formula is C26H21F3N2O4. The highest BCUT2D eigenvalue weighted by Crippen LogP contribution is 2.34. The van der Waals surface area contributed by atoms with Gasteiger partial charge >= 0.3 is 6.18 Å². The Hall–Kier alpha value is -3.95. The summed E-state index contributed by atoms with van der Waals surface area (Å²) in [6, 6.07) is 19.8. The lowest BCUT2D eigenvalue weighted by Gasteiger charge is -2.12. The summed E-state index contributed by atoms with van der Waals surface area (Å²) in [5.74, 6) is -0.0415. The highest BCUT2D eigenvalue weighted by Gasteiger charge is 2.30. The van der Waals surface area contributed by atoms with Gasteiger partial charge in [0.2, 0.25) is 0 Å². The molecule has 0 radical (unpaired) electrons. The molecule has 4 rings (SSSR count). The van der Waals surface area contributed by atoms with Crippen LogP contribution in [0.15, 0.2) is 78.9 Å². The number of para-hydroxylation sites is 1. The number of aliphatic hydroxyl groups is 2. The van der Waals surface area contributed by atoms with Gasteiger partial charge in [-0.1, -0.05) is 36.4 Å². The lowest BCUT2D eigenvalue weighted by atomic mass is 9.99. The van der Waals surface area contributed by atoms with Crippen molar-refractivity contribution in [3.63, 3.8) is 0 Å². The van der Waals surface area contributed by atoms with Crippen molar-refractivity contribution in [3.05, 3.63) is 90.1 Å². The van der Waals surface area contributed by atoms with Gasteiger partial charge in [0.15, 0.2) is 0 Å². The van der Waals surface area contributed by atoms with Crippen LogP contribution in [0, 0.1) is 0 Å². The van der Waals surface area contributed by atoms with E-state index in [-0.39, 0.29) is 12.3 Å². The number of carbonyl (C=O) groups is 1. The van der Waals surface area contributed by atoms with Gasteiger partial charge in [0, 0.05) is 16.6 Å². The molecule has 0 aliphatic heterocycles. The van der Waals surface area contributed by atoms with Crippen molar-refractivity contribution >= 4 is 22.5 Å². The lowest BCUT2D eigenvalue weighted by molar-refractivity contribution is -0.137. The van der Waals surface area contributed by atoms with Crippen molar-refractivity contribution in [2.75, 3.05) is 18.5 Å². The number of amides is 1. The summed E-state index contributed by atoms with van der Waals surface area (Å²) in [7, 11) is 0. The summed E-state index contributed by atoms with van der Waals surface area (Å²) >= 11 is 0. The SMILES string of the molecule is O=C(Nc1ccc(OCC(O)CO)cc1)c1ccc2cccc(-c3cccc(C(F)(F)F)c3)c2n1. The molecule has 1 unspecified atom stereocenters. The summed E-state index contributed by atoms with van der Waals surface area (Å²) < 4.78 is 44.9. The molecule has 1 amide bonds. The highest BCUT2D eigenvalue weighted by atomic mass is 19.4. The molecule has 1 aromatic heterocycles. The Kier molecular flexibility index (Phi) is 6.99. The molecule has 0 aliphatic rings. The van der Waals surface area contributed by atoms with Crippen molar-refractivity contribution in [2.45, 2.75) is 12.3 Å². The number of alkyl halides is 3. The summed E-state index contributed by atoms with van der Waals surface area (Å²) in [5.41, 5.74) is 1.04. The second-order valence-electron chi connectivity index (χ2n) is 7.78. The summed E-state index contributed by atoms with van der Waals surface area (Å²) in [5, 5.41) is 21.6. The molecule has 35 heavy (non-hydrogen) atoms. The van der Waals surface area contributed by atoms with E-state index in [9.17, 15) is 23.1 Å². The molecule has 3 N–H and O–H groups in total. The van der Waals surface area contributed by atoms with Crippen LogP contribution in [0.25, 0.3) is 22.0 Å². The Labute approximate surface area is 198 Å². The van der Waals surface area contributed by atoms with Crippen LogP contribution in [0.4, 0.5) is 18.9 Å². The molecule has 1 atom stereocenters. The van der Waals surface area contributed by atoms with Crippen molar-refractivity contribution in [1.82, 2.24) is 4.98 Å². The Morgan fingerprint density at radius 3 is 2.46 bits per heavy atom. The summed E-state index contributed by atoms with van der Waals surface area (Å²) in [6.07, 6.45) is -5.47. The number of hydrogen-bond donors (Lipinski definition) is 3. The number of ether oxygens (including phenoxy) is 1. The second kappa shape index (κ2) is 10.1. The number of nitrogens with zero attached hydrogens (tertiary/aromatic N) is 1. The zero-order valence-electron chi connectivity index (χ0n) is 18.3. The van der Waals surface area contributed by atoms with E-state index >= 15 is 0 Å². The van der Waals surface area contributed by atoms with E-state index in [0.717, 1.165) is 12.1 Å². The number of carbonyl (C=O) groups excluding carboxylic acids is 1. The normalized spacial score (nSPS) is 12.4. The first-order valence-electron chi connectivity index (χ1n) is 10.6. The smallest absolute Gasteiger partial charge is 0.416 e. The number of nitrogens with one attached hydrogen (secondary N) is 1. The standard InChI is InChI=1S/C26H21F3N2O4/c27-26(28,29)18-5-1-4-17(13-18)22-6-2-3-16-7-12-23(31-24(16)22)25(34)30-19-8-10-21(11-9-19)35-15-20(33)14-32/h1-13,20,32-33H,14-15H2,(H,30,34). The van der Waals surface area contributed by atoms with Crippen LogP contribution in [-0.4, -0.2) is 40.4 Å². The highest BCUT2D eigenvalue weighted by molar-refractivity contribution is 6.05. The molecule has 6 nitrogen and oxygen atoms in total. The maximum Gasteiger partial charge on any atom is 0.416 e. The van der Waals surface area contributed by atoms with Crippen LogP contribution in [0.1, 0.15) is 16.1 Å². The fraction of sp³-hybridized carbons (Fsp3) is 0.154. The van der Waals surface area contributed by atoms with Crippen molar-refractivity contribution < 1.29 is 32.9 Å². The Morgan fingerprint density at radius 2 is 1.74 bits per heavy atom. The first-order chi connectivity index (χ1) is 16.7. The third-order valence-corrected chi connectivity index (χ3v) is 5.22. The molecule has 0 aliphatic carbocycles. The van der Waals surface area contributed by atoms with Gasteiger partial charge in [-0.3, -0.25) is 4.79 Å². The average Bonchev–Trinajstić information content (AvgIpc) is 2.87. The Balaban J connectivity index is 1.57. The minimum absolute atomic E-state index is 0.0720. The third kappa shape index (κ3) is 5.76. The van der Waals surface area contributed by atoms with Gasteiger partial charge in [-0.15, -0.1) is 0 Å². The van der Waals surface area contributed by atoms with Crippen LogP contribution in [0.3, 0.4) is 0 Å². The number of halogens is 3. The molecular weight excluding hydrogens is 461 g/mol. The molecule has 0 spiro atoms. The van der Waals surface area contributed by atoms with E-state index < -0.39 is 30.4 Å². The van der Waals surface area contributed by atoms with Crippen LogP contribution >= 0.6 is 0 Å². The number of pyridine rings is 1. The topological polar surface area (TPSA) is 91.7 Å². The minimum atomic E-state index is -4.47. The number of hydrogen-bond acceptors (Lipinski definition) is 5. The predicted molar refractivity (Wildman–Crippen MR) is 125 cm³/mol. The fourth-order valence-electron chi connectivity index (χ4n) is 3.44. The van der Waals surface area contributed by atoms with Gasteiger partial charge in [0.25, 0.3) is 5.91 Å². The molecule has 0 fully saturated rings. The predicted octanol–water partition coefficient (Wildman–Crippen LogP) is 4.90.